The van der Waals surface area contributed by atoms with Crippen molar-refractivity contribution < 1.29 is 220 Å². The zero-order valence-electron chi connectivity index (χ0n) is 65.2. The summed E-state index contributed by atoms with van der Waals surface area (Å²) in [5.74, 6) is -24.6. The van der Waals surface area contributed by atoms with Gasteiger partial charge in [-0.3, -0.25) is 101 Å². The van der Waals surface area contributed by atoms with Crippen molar-refractivity contribution in [1.82, 2.24) is 29.4 Å². The molecule has 6 aromatic rings. The molecule has 0 saturated heterocycles. The first-order chi connectivity index (χ1) is 58.4. The van der Waals surface area contributed by atoms with Gasteiger partial charge in [0.05, 0.1) is 72.6 Å². The Morgan fingerprint density at radius 1 is 0.294 bits per heavy atom. The number of hydrogen-bond acceptors (Lipinski definition) is 37. The molecule has 0 radical (unpaired) electrons. The van der Waals surface area contributed by atoms with Crippen LogP contribution in [-0.2, 0) is 98.5 Å². The molecule has 126 heavy (non-hydrogen) atoms. The van der Waals surface area contributed by atoms with E-state index in [2.05, 4.69) is 0 Å². The van der Waals surface area contributed by atoms with Gasteiger partial charge in [-0.25, -0.2) is 0 Å². The van der Waals surface area contributed by atoms with Gasteiger partial charge >= 0.3 is 82.2 Å². The number of phenols is 6. The fourth-order valence-corrected chi connectivity index (χ4v) is 13.9. The van der Waals surface area contributed by atoms with Crippen molar-refractivity contribution >= 4 is 113 Å². The number of methoxy groups -OCH3 is 4. The molecule has 0 bridgehead atoms. The number of carbonyl (C=O) groups is 12. The van der Waals surface area contributed by atoms with E-state index < -0.39 is 305 Å². The average molecular weight is 1870 g/mol. The molecule has 690 valence electrons. The average Bonchev–Trinajstić information content (AvgIpc) is 0.809. The van der Waals surface area contributed by atoms with Crippen LogP contribution < -0.4 is 18.9 Å². The van der Waals surface area contributed by atoms with Gasteiger partial charge in [-0.2, -0.15) is 25.3 Å². The van der Waals surface area contributed by atoms with Crippen molar-refractivity contribution in [2.45, 2.75) is 50.9 Å². The Balaban J connectivity index is 0.000000480. The minimum absolute atomic E-state index is 0.181. The summed E-state index contributed by atoms with van der Waals surface area (Å²) >= 11 is 0. The van der Waals surface area contributed by atoms with E-state index in [1.165, 1.54) is 74.9 Å². The molecule has 0 fully saturated rings. The summed E-state index contributed by atoms with van der Waals surface area (Å²) in [6.45, 7) is -9.79. The van der Waals surface area contributed by atoms with E-state index in [0.29, 0.717) is 28.0 Å². The minimum Gasteiger partial charge on any atom is -0.508 e. The predicted octanol–water partition coefficient (Wildman–Crippen LogP) is -0.762. The first-order valence-corrected chi connectivity index (χ1v) is 39.7. The molecule has 0 heterocycles. The summed E-state index contributed by atoms with van der Waals surface area (Å²) in [4.78, 5) is 145. The second-order valence-electron chi connectivity index (χ2n) is 25.5. The maximum atomic E-state index is 12.4. The highest BCUT2D eigenvalue weighted by molar-refractivity contribution is 7.86. The van der Waals surface area contributed by atoms with Crippen LogP contribution in [0.4, 0.5) is 0 Å². The molecule has 56 heteroatoms. The van der Waals surface area contributed by atoms with Crippen LogP contribution in [0.5, 0.6) is 57.5 Å². The quantitative estimate of drug-likeness (QED) is 0.0209. The number of para-hydroxylation sites is 1. The summed E-state index contributed by atoms with van der Waals surface area (Å²) in [7, 11) is -13.7. The van der Waals surface area contributed by atoms with E-state index >= 15 is 0 Å². The first kappa shape index (κ1) is 106. The fourth-order valence-electron chi connectivity index (χ4n) is 12.2. The molecule has 0 spiro atoms. The largest absolute Gasteiger partial charge is 0.508 e. The van der Waals surface area contributed by atoms with Crippen LogP contribution in [0.15, 0.2) is 118 Å². The molecule has 52 nitrogen and oxygen atoms in total. The van der Waals surface area contributed by atoms with Crippen LogP contribution in [0, 0.1) is 0 Å². The van der Waals surface area contributed by atoms with Crippen LogP contribution in [0.25, 0.3) is 0 Å². The highest BCUT2D eigenvalue weighted by Crippen LogP contribution is 2.42. The Kier molecular flexibility index (Phi) is 39.7. The van der Waals surface area contributed by atoms with Gasteiger partial charge in [-0.15, -0.1) is 12.6 Å². The van der Waals surface area contributed by atoms with Crippen molar-refractivity contribution in [3.63, 3.8) is 0 Å². The van der Waals surface area contributed by atoms with E-state index in [-0.39, 0.29) is 28.2 Å². The molecule has 6 aromatic carbocycles. The van der Waals surface area contributed by atoms with Gasteiger partial charge in [0.15, 0.2) is 0 Å². The molecule has 0 aliphatic carbocycles. The van der Waals surface area contributed by atoms with Gasteiger partial charge in [-0.05, 0) is 72.8 Å². The Morgan fingerprint density at radius 2 is 0.508 bits per heavy atom. The van der Waals surface area contributed by atoms with Gasteiger partial charge in [0.2, 0.25) is 0 Å². The monoisotopic (exact) mass is 1870 g/mol. The number of aliphatic carboxylic acids is 12. The second-order valence-corrected chi connectivity index (χ2v) is 30.1. The standard InChI is InChI=1S/C24H28N2O18S2.C24H28N2O12.C22H24N2O13S.O3S/c1-43-11-5-13(21(31)15(7-11)45(37,38)39)19(23(33)34)25(9-17(27)28)3-4-26(10-18(29)30)20(24(35)36)14-6-12(44-2)8-16(22(14)32)46(40,41)42;1-37-13-3-5-17(27)15(9-13)21(23(33)34)25(11-19(29)30)7-8-26(12-20(31)32)22(24(35)36)16-10-14(38-2)4-6-18(16)28;25-15-4-2-1-3-13(15)19(21(31)32)23(10-17(27)28)7-8-24(11-18(29)30)20(22(33)34)14-9-12(38(35,36)37)5-6-16(14)26;1-4(2)3/h5-8,19-20,31-32H,3-4,9-10H2,1-2H3,(H,27,28)(H,29,30)(H,33,34)(H,35,36)(H,37,38,39)(H,40,41,42);3-6,9-10,21-22,27-28H,7-8,11-12H2,1-2H3,(H,29,30)(H,31,32)(H,33,34)(H,35,36);1-6,9,19-20,25-26H,7-8,10-11H2,(H,27,28)(H,29,30)(H,31,32)(H,33,34)(H,35,36,37);/t19-,20?;21-,22?;19?,20-;/m000./s1. The number of ether oxygens (including phenoxy) is 4. The van der Waals surface area contributed by atoms with E-state index in [1.807, 2.05) is 0 Å². The molecule has 21 N–H and O–H groups in total. The van der Waals surface area contributed by atoms with Gasteiger partial charge in [0.25, 0.3) is 30.4 Å². The highest BCUT2D eigenvalue weighted by Gasteiger charge is 2.42. The molecule has 3 unspecified atom stereocenters. The number of benzene rings is 6. The fraction of sp³-hybridized carbons (Fsp3) is 0.314. The minimum atomic E-state index is -5.20. The topological polar surface area (TPSA) is 840 Å². The number of nitrogens with zero attached hydrogens (tertiary/aromatic N) is 6. The van der Waals surface area contributed by atoms with Crippen molar-refractivity contribution in [1.29, 1.82) is 0 Å². The Hall–Kier alpha value is -13.9. The number of rotatable bonds is 46. The van der Waals surface area contributed by atoms with Crippen LogP contribution in [0.1, 0.15) is 69.6 Å². The lowest BCUT2D eigenvalue weighted by atomic mass is 10.0. The van der Waals surface area contributed by atoms with Crippen molar-refractivity contribution in [3.8, 4) is 57.5 Å². The summed E-state index contributed by atoms with van der Waals surface area (Å²) in [6.07, 6.45) is 0. The van der Waals surface area contributed by atoms with Crippen LogP contribution in [0.3, 0.4) is 0 Å². The summed E-state index contributed by atoms with van der Waals surface area (Å²) < 4.78 is 144. The van der Waals surface area contributed by atoms with Gasteiger partial charge in [0, 0.05) is 84.8 Å². The van der Waals surface area contributed by atoms with E-state index in [9.17, 15) is 188 Å². The molecular formula is C70H80N6O46S4. The van der Waals surface area contributed by atoms with Gasteiger partial charge in [-0.1, -0.05) is 18.2 Å². The van der Waals surface area contributed by atoms with Gasteiger partial charge < -0.3 is 111 Å². The Morgan fingerprint density at radius 3 is 0.730 bits per heavy atom. The number of carboxylic acids is 12. The highest BCUT2D eigenvalue weighted by atomic mass is 32.2. The van der Waals surface area contributed by atoms with Crippen LogP contribution in [-0.4, -0.2) is 351 Å². The summed E-state index contributed by atoms with van der Waals surface area (Å²) in [5.41, 5.74) is -2.77. The predicted molar refractivity (Wildman–Crippen MR) is 412 cm³/mol. The normalized spacial score (nSPS) is 12.8. The molecular weight excluding hydrogens is 1790 g/mol. The number of hydrogen-bond donors (Lipinski definition) is 21. The van der Waals surface area contributed by atoms with Gasteiger partial charge in [0.1, 0.15) is 104 Å². The molecule has 0 aromatic heterocycles. The summed E-state index contributed by atoms with van der Waals surface area (Å²) in [6, 6.07) is 6.12. The molecule has 0 aliphatic heterocycles. The maximum absolute atomic E-state index is 12.4. The summed E-state index contributed by atoms with van der Waals surface area (Å²) in [5, 5.41) is 179. The van der Waals surface area contributed by atoms with E-state index in [1.54, 1.807) is 0 Å². The Bertz CT molecular complexity index is 5300. The van der Waals surface area contributed by atoms with E-state index in [0.717, 1.165) is 58.1 Å². The Labute approximate surface area is 710 Å². The lowest BCUT2D eigenvalue weighted by Gasteiger charge is -2.33. The van der Waals surface area contributed by atoms with Crippen LogP contribution >= 0.6 is 0 Å². The molecule has 6 rings (SSSR count). The van der Waals surface area contributed by atoms with E-state index in [4.69, 9.17) is 31.6 Å². The number of aromatic hydroxyl groups is 6. The van der Waals surface area contributed by atoms with Crippen molar-refractivity contribution in [2.75, 3.05) is 107 Å². The zero-order valence-corrected chi connectivity index (χ0v) is 68.4. The second kappa shape index (κ2) is 47.1. The number of carboxylic acid groups (broad SMARTS) is 12. The molecule has 0 amide bonds. The lowest BCUT2D eigenvalue weighted by molar-refractivity contribution is -0.150. The number of phenolic OH excluding ortho intramolecular Hbond substituents is 6. The zero-order chi connectivity index (χ0) is 96.2. The molecule has 0 saturated carbocycles. The van der Waals surface area contributed by atoms with Crippen molar-refractivity contribution in [2.24, 2.45) is 0 Å². The lowest BCUT2D eigenvalue weighted by Crippen LogP contribution is -2.46. The van der Waals surface area contributed by atoms with Crippen molar-refractivity contribution in [3.05, 3.63) is 137 Å². The third-order valence-electron chi connectivity index (χ3n) is 17.3. The maximum Gasteiger partial charge on any atom is 0.425 e. The smallest absolute Gasteiger partial charge is 0.425 e. The third-order valence-corrected chi connectivity index (χ3v) is 19.9. The van der Waals surface area contributed by atoms with Crippen LogP contribution in [0.2, 0.25) is 0 Å². The molecule has 0 aliphatic rings. The SMILES string of the molecule is COc1cc(C(C(=O)O)N(CCN(CC(=O)O)[C@H](C(=O)O)c2cc(OC)cc(S(=O)(=O)O)c2O)CC(=O)O)c(O)c(S(=O)(=O)O)c1.COc1ccc(O)c(C(C(=O)O)N(CCN(CC(=O)O)[C@H](C(=O)O)c2cc(OC)ccc2O)CC(=O)O)c1.O=C(O)CN(CCN(CC(=O)O)[C@H](C(=O)O)c1cc(S(=O)(=O)O)ccc1O)C(C(=O)O)c1ccccc1O.O=S(=O)=O. The molecule has 6 atom stereocenters. The first-order valence-electron chi connectivity index (χ1n) is 34.4. The third kappa shape index (κ3) is 31.1.